The van der Waals surface area contributed by atoms with E-state index in [2.05, 4.69) is 4.74 Å². The van der Waals surface area contributed by atoms with Crippen LogP contribution in [0.3, 0.4) is 0 Å². The predicted molar refractivity (Wildman–Crippen MR) is 104 cm³/mol. The van der Waals surface area contributed by atoms with Crippen LogP contribution in [-0.2, 0) is 16.1 Å². The van der Waals surface area contributed by atoms with Gasteiger partial charge in [-0.05, 0) is 54.8 Å². The van der Waals surface area contributed by atoms with Crippen LogP contribution < -0.4 is 9.47 Å². The standard InChI is InChI=1S/C21H21ClF3NO4/c22-16-5-9-17(10-6-16)29-14-20(27)26-11-1-2-19(12-26)28-13-15-3-7-18(8-4-15)30-21(23,24)25/h3-10,19H,1-2,11-14H2. The molecular formula is C21H21ClF3NO4. The van der Waals surface area contributed by atoms with Gasteiger partial charge in [0.05, 0.1) is 12.7 Å². The largest absolute Gasteiger partial charge is 0.573 e. The second-order valence-corrected chi connectivity index (χ2v) is 7.29. The van der Waals surface area contributed by atoms with Gasteiger partial charge in [-0.3, -0.25) is 4.79 Å². The Labute approximate surface area is 177 Å². The molecule has 0 spiro atoms. The first kappa shape index (κ1) is 22.2. The van der Waals surface area contributed by atoms with E-state index in [0.717, 1.165) is 18.4 Å². The maximum Gasteiger partial charge on any atom is 0.573 e. The number of hydrogen-bond donors (Lipinski definition) is 0. The van der Waals surface area contributed by atoms with Crippen molar-refractivity contribution in [2.24, 2.45) is 0 Å². The zero-order chi connectivity index (χ0) is 21.6. The number of piperidine rings is 1. The van der Waals surface area contributed by atoms with E-state index in [1.165, 1.54) is 24.3 Å². The number of amides is 1. The number of alkyl halides is 3. The molecule has 1 saturated heterocycles. The molecule has 0 N–H and O–H groups in total. The first-order chi connectivity index (χ1) is 14.3. The summed E-state index contributed by atoms with van der Waals surface area (Å²) >= 11 is 5.82. The van der Waals surface area contributed by atoms with Crippen LogP contribution in [0.1, 0.15) is 18.4 Å². The van der Waals surface area contributed by atoms with Crippen molar-refractivity contribution >= 4 is 17.5 Å². The third kappa shape index (κ3) is 7.11. The van der Waals surface area contributed by atoms with Crippen molar-refractivity contribution in [2.45, 2.75) is 31.9 Å². The molecule has 2 aromatic rings. The molecule has 0 aliphatic carbocycles. The van der Waals surface area contributed by atoms with Gasteiger partial charge >= 0.3 is 6.36 Å². The lowest BCUT2D eigenvalue weighted by atomic mass is 10.1. The summed E-state index contributed by atoms with van der Waals surface area (Å²) in [6.45, 7) is 1.24. The van der Waals surface area contributed by atoms with Gasteiger partial charge in [0.15, 0.2) is 6.61 Å². The molecule has 0 saturated carbocycles. The van der Waals surface area contributed by atoms with Gasteiger partial charge in [-0.15, -0.1) is 13.2 Å². The zero-order valence-corrected chi connectivity index (χ0v) is 16.8. The van der Waals surface area contributed by atoms with Crippen molar-refractivity contribution in [2.75, 3.05) is 19.7 Å². The Balaban J connectivity index is 1.44. The van der Waals surface area contributed by atoms with Crippen LogP contribution in [0.5, 0.6) is 11.5 Å². The fourth-order valence-corrected chi connectivity index (χ4v) is 3.20. The van der Waals surface area contributed by atoms with Crippen LogP contribution in [0.25, 0.3) is 0 Å². The van der Waals surface area contributed by atoms with E-state index in [1.807, 2.05) is 0 Å². The van der Waals surface area contributed by atoms with Gasteiger partial charge in [0.2, 0.25) is 0 Å². The Hall–Kier alpha value is -2.45. The number of hydrogen-bond acceptors (Lipinski definition) is 4. The van der Waals surface area contributed by atoms with E-state index in [9.17, 15) is 18.0 Å². The fraction of sp³-hybridized carbons (Fsp3) is 0.381. The van der Waals surface area contributed by atoms with Gasteiger partial charge in [-0.1, -0.05) is 23.7 Å². The average Bonchev–Trinajstić information content (AvgIpc) is 2.72. The monoisotopic (exact) mass is 443 g/mol. The molecule has 162 valence electrons. The Bertz CT molecular complexity index is 828. The fourth-order valence-electron chi connectivity index (χ4n) is 3.07. The highest BCUT2D eigenvalue weighted by Gasteiger charge is 2.31. The molecule has 3 rings (SSSR count). The number of benzene rings is 2. The summed E-state index contributed by atoms with van der Waals surface area (Å²) in [6.07, 6.45) is -3.26. The summed E-state index contributed by atoms with van der Waals surface area (Å²) in [6, 6.07) is 12.3. The highest BCUT2D eigenvalue weighted by atomic mass is 35.5. The lowest BCUT2D eigenvalue weighted by Gasteiger charge is -2.32. The molecule has 1 aliphatic heterocycles. The minimum atomic E-state index is -4.71. The lowest BCUT2D eigenvalue weighted by Crippen LogP contribution is -2.45. The summed E-state index contributed by atoms with van der Waals surface area (Å²) < 4.78 is 51.8. The second kappa shape index (κ2) is 10.0. The average molecular weight is 444 g/mol. The Kier molecular flexibility index (Phi) is 7.44. The third-order valence-electron chi connectivity index (χ3n) is 4.55. The molecule has 1 unspecified atom stereocenters. The number of likely N-dealkylation sites (tertiary alicyclic amines) is 1. The number of rotatable bonds is 7. The number of carbonyl (C=O) groups excluding carboxylic acids is 1. The van der Waals surface area contributed by atoms with Crippen molar-refractivity contribution < 1.29 is 32.2 Å². The topological polar surface area (TPSA) is 48.0 Å². The summed E-state index contributed by atoms with van der Waals surface area (Å²) in [5.74, 6) is 0.156. The molecule has 1 atom stereocenters. The van der Waals surface area contributed by atoms with E-state index in [4.69, 9.17) is 21.1 Å². The van der Waals surface area contributed by atoms with Crippen molar-refractivity contribution in [1.82, 2.24) is 4.90 Å². The van der Waals surface area contributed by atoms with Gasteiger partial charge in [-0.2, -0.15) is 0 Å². The van der Waals surface area contributed by atoms with E-state index >= 15 is 0 Å². The SMILES string of the molecule is O=C(COc1ccc(Cl)cc1)N1CCCC(OCc2ccc(OC(F)(F)F)cc2)C1. The van der Waals surface area contributed by atoms with Crippen LogP contribution in [-0.4, -0.2) is 43.0 Å². The van der Waals surface area contributed by atoms with Crippen LogP contribution in [0.2, 0.25) is 5.02 Å². The smallest absolute Gasteiger partial charge is 0.484 e. The number of carbonyl (C=O) groups is 1. The summed E-state index contributed by atoms with van der Waals surface area (Å²) in [7, 11) is 0. The maximum atomic E-state index is 12.4. The quantitative estimate of drug-likeness (QED) is 0.615. The van der Waals surface area contributed by atoms with E-state index in [1.54, 1.807) is 29.2 Å². The van der Waals surface area contributed by atoms with Gasteiger partial charge in [0, 0.05) is 18.1 Å². The number of nitrogens with zero attached hydrogens (tertiary/aromatic N) is 1. The van der Waals surface area contributed by atoms with Crippen LogP contribution in [0, 0.1) is 0 Å². The predicted octanol–water partition coefficient (Wildman–Crippen LogP) is 4.83. The van der Waals surface area contributed by atoms with E-state index in [-0.39, 0.29) is 31.0 Å². The van der Waals surface area contributed by atoms with Gasteiger partial charge < -0.3 is 19.1 Å². The van der Waals surface area contributed by atoms with Gasteiger partial charge in [-0.25, -0.2) is 0 Å². The van der Waals surface area contributed by atoms with Crippen molar-refractivity contribution in [3.8, 4) is 11.5 Å². The lowest BCUT2D eigenvalue weighted by molar-refractivity contribution is -0.274. The van der Waals surface area contributed by atoms with Gasteiger partial charge in [0.1, 0.15) is 11.5 Å². The molecule has 0 aromatic heterocycles. The summed E-state index contributed by atoms with van der Waals surface area (Å²) in [4.78, 5) is 14.1. The third-order valence-corrected chi connectivity index (χ3v) is 4.80. The van der Waals surface area contributed by atoms with Crippen LogP contribution >= 0.6 is 11.6 Å². The molecule has 1 amide bonds. The molecule has 0 bridgehead atoms. The highest BCUT2D eigenvalue weighted by Crippen LogP contribution is 2.23. The van der Waals surface area contributed by atoms with Crippen LogP contribution in [0.15, 0.2) is 48.5 Å². The molecule has 9 heteroatoms. The van der Waals surface area contributed by atoms with Crippen molar-refractivity contribution in [1.29, 1.82) is 0 Å². The molecule has 1 fully saturated rings. The van der Waals surface area contributed by atoms with E-state index in [0.29, 0.717) is 23.9 Å². The Morgan fingerprint density at radius 1 is 1.07 bits per heavy atom. The van der Waals surface area contributed by atoms with Gasteiger partial charge in [0.25, 0.3) is 5.91 Å². The molecule has 1 heterocycles. The Morgan fingerprint density at radius 3 is 2.40 bits per heavy atom. The summed E-state index contributed by atoms with van der Waals surface area (Å²) in [5, 5.41) is 0.590. The normalized spacial score (nSPS) is 16.9. The first-order valence-corrected chi connectivity index (χ1v) is 9.79. The first-order valence-electron chi connectivity index (χ1n) is 9.41. The molecule has 1 aliphatic rings. The Morgan fingerprint density at radius 2 is 1.73 bits per heavy atom. The minimum absolute atomic E-state index is 0.0744. The molecule has 30 heavy (non-hydrogen) atoms. The molecular weight excluding hydrogens is 423 g/mol. The zero-order valence-electron chi connectivity index (χ0n) is 16.0. The molecule has 2 aromatic carbocycles. The van der Waals surface area contributed by atoms with Crippen LogP contribution in [0.4, 0.5) is 13.2 Å². The molecule has 0 radical (unpaired) electrons. The second-order valence-electron chi connectivity index (χ2n) is 6.85. The highest BCUT2D eigenvalue weighted by molar-refractivity contribution is 6.30. The van der Waals surface area contributed by atoms with Crippen molar-refractivity contribution in [3.05, 3.63) is 59.1 Å². The maximum absolute atomic E-state index is 12.4. The summed E-state index contributed by atoms with van der Waals surface area (Å²) in [5.41, 5.74) is 0.721. The van der Waals surface area contributed by atoms with Crippen molar-refractivity contribution in [3.63, 3.8) is 0 Å². The number of ether oxygens (including phenoxy) is 3. The minimum Gasteiger partial charge on any atom is -0.484 e. The number of halogens is 4. The molecule has 5 nitrogen and oxygen atoms in total. The van der Waals surface area contributed by atoms with E-state index < -0.39 is 6.36 Å².